The number of hydrogen-bond acceptors (Lipinski definition) is 4. The van der Waals surface area contributed by atoms with E-state index in [0.717, 1.165) is 25.7 Å². The third-order valence-corrected chi connectivity index (χ3v) is 6.39. The molecule has 0 unspecified atom stereocenters. The Balaban J connectivity index is 1.84. The molecule has 5 atom stereocenters. The first-order valence-corrected chi connectivity index (χ1v) is 9.39. The molecule has 4 heteroatoms. The lowest BCUT2D eigenvalue weighted by molar-refractivity contribution is -0.166. The molecular formula is C20H30O4. The van der Waals surface area contributed by atoms with Crippen molar-refractivity contribution >= 4 is 17.5 Å². The van der Waals surface area contributed by atoms with Crippen molar-refractivity contribution in [3.63, 3.8) is 0 Å². The van der Waals surface area contributed by atoms with Crippen molar-refractivity contribution in [3.8, 4) is 0 Å². The molecule has 0 N–H and O–H groups in total. The maximum absolute atomic E-state index is 12.9. The predicted octanol–water partition coefficient (Wildman–Crippen LogP) is 3.71. The zero-order chi connectivity index (χ0) is 17.7. The van der Waals surface area contributed by atoms with E-state index >= 15 is 0 Å². The molecule has 4 nitrogen and oxygen atoms in total. The lowest BCUT2D eigenvalue weighted by Crippen LogP contribution is -2.56. The Labute approximate surface area is 144 Å². The number of carbonyl (C=O) groups excluding carboxylic acids is 3. The predicted molar refractivity (Wildman–Crippen MR) is 90.2 cm³/mol. The van der Waals surface area contributed by atoms with E-state index in [2.05, 4.69) is 6.92 Å². The summed E-state index contributed by atoms with van der Waals surface area (Å²) in [5.41, 5.74) is -0.401. The first-order chi connectivity index (χ1) is 11.1. The van der Waals surface area contributed by atoms with Gasteiger partial charge in [-0.15, -0.1) is 0 Å². The van der Waals surface area contributed by atoms with Crippen LogP contribution in [-0.2, 0) is 19.1 Å². The van der Waals surface area contributed by atoms with Gasteiger partial charge in [0.25, 0.3) is 0 Å². The summed E-state index contributed by atoms with van der Waals surface area (Å²) in [6.45, 7) is 7.78. The number of esters is 1. The van der Waals surface area contributed by atoms with Crippen molar-refractivity contribution in [3.05, 3.63) is 0 Å². The Kier molecular flexibility index (Phi) is 4.38. The van der Waals surface area contributed by atoms with Crippen LogP contribution in [0, 0.1) is 29.1 Å². The van der Waals surface area contributed by atoms with Gasteiger partial charge in [0, 0.05) is 24.2 Å². The molecule has 2 bridgehead atoms. The lowest BCUT2D eigenvalue weighted by atomic mass is 9.48. The van der Waals surface area contributed by atoms with E-state index in [1.165, 1.54) is 6.42 Å². The Morgan fingerprint density at radius 2 is 1.96 bits per heavy atom. The second-order valence-corrected chi connectivity index (χ2v) is 9.40. The molecule has 0 saturated heterocycles. The van der Waals surface area contributed by atoms with Crippen molar-refractivity contribution in [1.82, 2.24) is 0 Å². The molecule has 3 saturated carbocycles. The first-order valence-electron chi connectivity index (χ1n) is 9.39. The fraction of sp³-hybridized carbons (Fsp3) is 0.850. The van der Waals surface area contributed by atoms with Gasteiger partial charge in [-0.3, -0.25) is 14.4 Å². The van der Waals surface area contributed by atoms with E-state index in [1.54, 1.807) is 0 Å². The van der Waals surface area contributed by atoms with Crippen LogP contribution < -0.4 is 0 Å². The number of rotatable bonds is 2. The Morgan fingerprint density at radius 1 is 1.25 bits per heavy atom. The van der Waals surface area contributed by atoms with Crippen LogP contribution in [0.4, 0.5) is 0 Å². The SMILES string of the molecule is CC(C)(C)OC(=O)C[C@H]1C(=O)C[C@H]2C[C@@]3(C)CCCC[C@H]3[C@@H]1C2=O. The van der Waals surface area contributed by atoms with Gasteiger partial charge in [0.1, 0.15) is 17.2 Å². The second kappa shape index (κ2) is 5.96. The van der Waals surface area contributed by atoms with Gasteiger partial charge in [-0.1, -0.05) is 19.8 Å². The fourth-order valence-electron chi connectivity index (χ4n) is 5.48. The molecule has 3 aliphatic carbocycles. The molecule has 0 aromatic rings. The first kappa shape index (κ1) is 17.6. The van der Waals surface area contributed by atoms with Crippen LogP contribution in [0.1, 0.15) is 72.6 Å². The highest BCUT2D eigenvalue weighted by Gasteiger charge is 2.57. The van der Waals surface area contributed by atoms with Gasteiger partial charge in [-0.05, 0) is 51.4 Å². The van der Waals surface area contributed by atoms with Crippen LogP contribution >= 0.6 is 0 Å². The van der Waals surface area contributed by atoms with Crippen molar-refractivity contribution in [2.24, 2.45) is 29.1 Å². The molecule has 134 valence electrons. The van der Waals surface area contributed by atoms with E-state index in [1.807, 2.05) is 20.8 Å². The van der Waals surface area contributed by atoms with Gasteiger partial charge in [-0.25, -0.2) is 0 Å². The monoisotopic (exact) mass is 334 g/mol. The minimum atomic E-state index is -0.562. The maximum atomic E-state index is 12.9. The molecule has 0 spiro atoms. The number of carbonyl (C=O) groups is 3. The molecule has 0 heterocycles. The summed E-state index contributed by atoms with van der Waals surface area (Å²) in [5.74, 6) is -0.594. The smallest absolute Gasteiger partial charge is 0.307 e. The highest BCUT2D eigenvalue weighted by Crippen LogP contribution is 2.57. The summed E-state index contributed by atoms with van der Waals surface area (Å²) in [5, 5.41) is 0. The number of fused-ring (bicyclic) bond motifs is 4. The third-order valence-electron chi connectivity index (χ3n) is 6.39. The van der Waals surface area contributed by atoms with Crippen LogP contribution in [0.15, 0.2) is 0 Å². The van der Waals surface area contributed by atoms with E-state index in [-0.39, 0.29) is 47.1 Å². The molecule has 24 heavy (non-hydrogen) atoms. The minimum Gasteiger partial charge on any atom is -0.460 e. The van der Waals surface area contributed by atoms with Crippen LogP contribution in [0.25, 0.3) is 0 Å². The summed E-state index contributed by atoms with van der Waals surface area (Å²) < 4.78 is 5.42. The molecule has 0 radical (unpaired) electrons. The van der Waals surface area contributed by atoms with E-state index in [4.69, 9.17) is 4.74 Å². The molecule has 0 aliphatic heterocycles. The van der Waals surface area contributed by atoms with Gasteiger partial charge in [0.15, 0.2) is 0 Å². The van der Waals surface area contributed by atoms with E-state index in [9.17, 15) is 14.4 Å². The summed E-state index contributed by atoms with van der Waals surface area (Å²) in [6.07, 6.45) is 5.74. The molecule has 3 fully saturated rings. The molecule has 0 aromatic carbocycles. The number of hydrogen-bond donors (Lipinski definition) is 0. The van der Waals surface area contributed by atoms with Gasteiger partial charge >= 0.3 is 5.97 Å². The molecule has 0 amide bonds. The topological polar surface area (TPSA) is 60.4 Å². The third kappa shape index (κ3) is 3.16. The molecular weight excluding hydrogens is 304 g/mol. The van der Waals surface area contributed by atoms with Crippen LogP contribution in [0.2, 0.25) is 0 Å². The highest BCUT2D eigenvalue weighted by atomic mass is 16.6. The average molecular weight is 334 g/mol. The Morgan fingerprint density at radius 3 is 2.62 bits per heavy atom. The highest BCUT2D eigenvalue weighted by molar-refractivity contribution is 6.00. The standard InChI is InChI=1S/C20H30O4/c1-19(2,3)24-16(22)10-13-15(21)9-12-11-20(4)8-6-5-7-14(20)17(13)18(12)23/h12-14,17H,5-11H2,1-4H3/t12-,13-,14-,17+,20+/m0/s1. The molecule has 0 aromatic heterocycles. The molecule has 3 rings (SSSR count). The quantitative estimate of drug-likeness (QED) is 0.722. The van der Waals surface area contributed by atoms with Gasteiger partial charge < -0.3 is 4.74 Å². The fourth-order valence-corrected chi connectivity index (χ4v) is 5.48. The van der Waals surface area contributed by atoms with E-state index < -0.39 is 11.5 Å². The van der Waals surface area contributed by atoms with Gasteiger partial charge in [-0.2, -0.15) is 0 Å². The Hall–Kier alpha value is -1.19. The maximum Gasteiger partial charge on any atom is 0.307 e. The van der Waals surface area contributed by atoms with Crippen LogP contribution in [0.5, 0.6) is 0 Å². The van der Waals surface area contributed by atoms with Crippen LogP contribution in [-0.4, -0.2) is 23.1 Å². The largest absolute Gasteiger partial charge is 0.460 e. The van der Waals surface area contributed by atoms with Gasteiger partial charge in [0.2, 0.25) is 0 Å². The second-order valence-electron chi connectivity index (χ2n) is 9.40. The number of ketones is 2. The van der Waals surface area contributed by atoms with Gasteiger partial charge in [0.05, 0.1) is 6.42 Å². The van der Waals surface area contributed by atoms with Crippen molar-refractivity contribution in [1.29, 1.82) is 0 Å². The Bertz CT molecular complexity index is 558. The van der Waals surface area contributed by atoms with E-state index in [0.29, 0.717) is 6.42 Å². The van der Waals surface area contributed by atoms with Crippen molar-refractivity contribution in [2.75, 3.05) is 0 Å². The normalized spacial score (nSPS) is 39.3. The van der Waals surface area contributed by atoms with Crippen molar-refractivity contribution in [2.45, 2.75) is 78.2 Å². The number of Topliss-reactive ketones (excluding diaryl/α,β-unsaturated/α-hetero) is 2. The minimum absolute atomic E-state index is 0.0613. The van der Waals surface area contributed by atoms with Crippen molar-refractivity contribution < 1.29 is 19.1 Å². The summed E-state index contributed by atoms with van der Waals surface area (Å²) >= 11 is 0. The zero-order valence-corrected chi connectivity index (χ0v) is 15.4. The zero-order valence-electron chi connectivity index (χ0n) is 15.4. The summed E-state index contributed by atoms with van der Waals surface area (Å²) in [6, 6.07) is 0. The lowest BCUT2D eigenvalue weighted by Gasteiger charge is -2.54. The van der Waals surface area contributed by atoms with Crippen LogP contribution in [0.3, 0.4) is 0 Å². The summed E-state index contributed by atoms with van der Waals surface area (Å²) in [7, 11) is 0. The molecule has 3 aliphatic rings. The number of ether oxygens (including phenoxy) is 1. The average Bonchev–Trinajstić information content (AvgIpc) is 2.43. The summed E-state index contributed by atoms with van der Waals surface area (Å²) in [4.78, 5) is 37.9.